The number of piperazine rings is 1. The summed E-state index contributed by atoms with van der Waals surface area (Å²) in [5.41, 5.74) is 0. The second kappa shape index (κ2) is 7.48. The van der Waals surface area contributed by atoms with Gasteiger partial charge in [-0.25, -0.2) is 0 Å². The van der Waals surface area contributed by atoms with Crippen LogP contribution in [0.25, 0.3) is 0 Å². The maximum absolute atomic E-state index is 12.2. The standard InChI is InChI=1S/C11H21F3N2S/c12-11(13,14)10-16-7-5-15(6-8-16)4-2-1-3-9-17/h17H,1-10H2. The van der Waals surface area contributed by atoms with Crippen LogP contribution in [0.15, 0.2) is 0 Å². The molecule has 0 saturated carbocycles. The minimum Gasteiger partial charge on any atom is -0.301 e. The fourth-order valence-corrected chi connectivity index (χ4v) is 2.27. The quantitative estimate of drug-likeness (QED) is 0.584. The summed E-state index contributed by atoms with van der Waals surface area (Å²) in [4.78, 5) is 3.75. The monoisotopic (exact) mass is 270 g/mol. The molecule has 0 aromatic carbocycles. The van der Waals surface area contributed by atoms with E-state index >= 15 is 0 Å². The van der Waals surface area contributed by atoms with Crippen molar-refractivity contribution in [2.24, 2.45) is 0 Å². The van der Waals surface area contributed by atoms with Gasteiger partial charge in [0.2, 0.25) is 0 Å². The molecule has 0 spiro atoms. The Balaban J connectivity index is 2.09. The van der Waals surface area contributed by atoms with Gasteiger partial charge in [-0.15, -0.1) is 0 Å². The first kappa shape index (κ1) is 15.1. The van der Waals surface area contributed by atoms with Gasteiger partial charge in [-0.2, -0.15) is 25.8 Å². The van der Waals surface area contributed by atoms with Crippen molar-refractivity contribution in [3.8, 4) is 0 Å². The molecule has 102 valence electrons. The van der Waals surface area contributed by atoms with Crippen LogP contribution in [0.1, 0.15) is 19.3 Å². The van der Waals surface area contributed by atoms with E-state index in [0.717, 1.165) is 44.6 Å². The van der Waals surface area contributed by atoms with E-state index in [4.69, 9.17) is 0 Å². The molecular weight excluding hydrogens is 249 g/mol. The molecule has 0 aromatic heterocycles. The van der Waals surface area contributed by atoms with Crippen LogP contribution in [0.2, 0.25) is 0 Å². The lowest BCUT2D eigenvalue weighted by atomic mass is 10.2. The number of nitrogens with zero attached hydrogens (tertiary/aromatic N) is 2. The summed E-state index contributed by atoms with van der Waals surface area (Å²) in [5.74, 6) is 0.916. The molecule has 1 aliphatic heterocycles. The Hall–Kier alpha value is 0.0600. The topological polar surface area (TPSA) is 6.48 Å². The van der Waals surface area contributed by atoms with Gasteiger partial charge >= 0.3 is 6.18 Å². The molecule has 0 amide bonds. The number of hydrogen-bond donors (Lipinski definition) is 1. The molecule has 1 fully saturated rings. The van der Waals surface area contributed by atoms with Crippen LogP contribution >= 0.6 is 12.6 Å². The third kappa shape index (κ3) is 7.16. The van der Waals surface area contributed by atoms with Crippen LogP contribution in [0, 0.1) is 0 Å². The summed E-state index contributed by atoms with van der Waals surface area (Å²) in [6.45, 7) is 2.83. The first-order valence-electron chi connectivity index (χ1n) is 6.13. The molecule has 1 aliphatic rings. The van der Waals surface area contributed by atoms with Crippen molar-refractivity contribution < 1.29 is 13.2 Å². The fourth-order valence-electron chi connectivity index (χ4n) is 2.05. The average molecular weight is 270 g/mol. The molecule has 6 heteroatoms. The lowest BCUT2D eigenvalue weighted by molar-refractivity contribution is -0.149. The van der Waals surface area contributed by atoms with Crippen molar-refractivity contribution in [3.63, 3.8) is 0 Å². The number of hydrogen-bond acceptors (Lipinski definition) is 3. The van der Waals surface area contributed by atoms with E-state index in [-0.39, 0.29) is 0 Å². The highest BCUT2D eigenvalue weighted by Gasteiger charge is 2.31. The van der Waals surface area contributed by atoms with E-state index < -0.39 is 12.7 Å². The van der Waals surface area contributed by atoms with E-state index in [1.54, 1.807) is 0 Å². The highest BCUT2D eigenvalue weighted by atomic mass is 32.1. The van der Waals surface area contributed by atoms with Crippen molar-refractivity contribution in [1.29, 1.82) is 0 Å². The van der Waals surface area contributed by atoms with Crippen LogP contribution in [-0.4, -0.2) is 61.0 Å². The molecule has 2 nitrogen and oxygen atoms in total. The zero-order valence-corrected chi connectivity index (χ0v) is 10.9. The summed E-state index contributed by atoms with van der Waals surface area (Å²) < 4.78 is 36.5. The Morgan fingerprint density at radius 1 is 0.882 bits per heavy atom. The van der Waals surface area contributed by atoms with Gasteiger partial charge in [-0.05, 0) is 25.1 Å². The number of halogens is 3. The van der Waals surface area contributed by atoms with Crippen molar-refractivity contribution >= 4 is 12.6 Å². The Labute approximate surface area is 107 Å². The van der Waals surface area contributed by atoms with E-state index in [1.165, 1.54) is 4.90 Å². The maximum atomic E-state index is 12.2. The molecule has 0 radical (unpaired) electrons. The predicted molar refractivity (Wildman–Crippen MR) is 66.6 cm³/mol. The van der Waals surface area contributed by atoms with Crippen LogP contribution in [-0.2, 0) is 0 Å². The van der Waals surface area contributed by atoms with Gasteiger partial charge in [0.05, 0.1) is 6.54 Å². The largest absolute Gasteiger partial charge is 0.401 e. The van der Waals surface area contributed by atoms with Crippen LogP contribution in [0.4, 0.5) is 13.2 Å². The molecule has 1 rings (SSSR count). The maximum Gasteiger partial charge on any atom is 0.401 e. The van der Waals surface area contributed by atoms with Gasteiger partial charge in [-0.3, -0.25) is 4.90 Å². The highest BCUT2D eigenvalue weighted by Crippen LogP contribution is 2.17. The molecule has 0 unspecified atom stereocenters. The lowest BCUT2D eigenvalue weighted by Gasteiger charge is -2.34. The molecule has 1 saturated heterocycles. The van der Waals surface area contributed by atoms with Crippen LogP contribution in [0.5, 0.6) is 0 Å². The van der Waals surface area contributed by atoms with Crippen molar-refractivity contribution in [3.05, 3.63) is 0 Å². The first-order chi connectivity index (χ1) is 8.01. The zero-order chi connectivity index (χ0) is 12.7. The van der Waals surface area contributed by atoms with Gasteiger partial charge in [0.15, 0.2) is 0 Å². The Bertz CT molecular complexity index is 203. The zero-order valence-electron chi connectivity index (χ0n) is 10.0. The molecule has 0 aromatic rings. The number of thiol groups is 1. The summed E-state index contributed by atoms with van der Waals surface area (Å²) in [5, 5.41) is 0. The third-order valence-electron chi connectivity index (χ3n) is 3.00. The van der Waals surface area contributed by atoms with E-state index in [1.807, 2.05) is 0 Å². The highest BCUT2D eigenvalue weighted by molar-refractivity contribution is 7.80. The minimum atomic E-state index is -4.06. The Kier molecular flexibility index (Phi) is 6.66. The lowest BCUT2D eigenvalue weighted by Crippen LogP contribution is -2.49. The number of rotatable bonds is 6. The Morgan fingerprint density at radius 2 is 1.47 bits per heavy atom. The number of alkyl halides is 3. The van der Waals surface area contributed by atoms with E-state index in [9.17, 15) is 13.2 Å². The summed E-state index contributed by atoms with van der Waals surface area (Å²) in [7, 11) is 0. The second-order valence-corrected chi connectivity index (χ2v) is 4.96. The van der Waals surface area contributed by atoms with E-state index in [2.05, 4.69) is 17.5 Å². The Morgan fingerprint density at radius 3 is 2.00 bits per heavy atom. The molecule has 0 aliphatic carbocycles. The number of unbranched alkanes of at least 4 members (excludes halogenated alkanes) is 2. The van der Waals surface area contributed by atoms with Gasteiger partial charge in [0.1, 0.15) is 0 Å². The second-order valence-electron chi connectivity index (χ2n) is 4.52. The molecular formula is C11H21F3N2S. The average Bonchev–Trinajstić information content (AvgIpc) is 2.25. The molecule has 0 bridgehead atoms. The molecule has 0 atom stereocenters. The van der Waals surface area contributed by atoms with Crippen molar-refractivity contribution in [1.82, 2.24) is 9.80 Å². The summed E-state index contributed by atoms with van der Waals surface area (Å²) in [6, 6.07) is 0. The van der Waals surface area contributed by atoms with Gasteiger partial charge < -0.3 is 4.90 Å². The smallest absolute Gasteiger partial charge is 0.301 e. The molecule has 17 heavy (non-hydrogen) atoms. The first-order valence-corrected chi connectivity index (χ1v) is 6.77. The van der Waals surface area contributed by atoms with Gasteiger partial charge in [-0.1, -0.05) is 6.42 Å². The minimum absolute atomic E-state index is 0.534. The van der Waals surface area contributed by atoms with Crippen molar-refractivity contribution in [2.45, 2.75) is 25.4 Å². The van der Waals surface area contributed by atoms with Crippen LogP contribution in [0.3, 0.4) is 0 Å². The van der Waals surface area contributed by atoms with Gasteiger partial charge in [0.25, 0.3) is 0 Å². The predicted octanol–water partition coefficient (Wildman–Crippen LogP) is 2.27. The van der Waals surface area contributed by atoms with E-state index in [0.29, 0.717) is 13.1 Å². The van der Waals surface area contributed by atoms with Gasteiger partial charge in [0, 0.05) is 26.2 Å². The summed E-state index contributed by atoms with van der Waals surface area (Å²) in [6.07, 6.45) is -0.655. The fraction of sp³-hybridized carbons (Fsp3) is 1.00. The normalized spacial score (nSPS) is 19.8. The SMILES string of the molecule is FC(F)(F)CN1CCN(CCCCCS)CC1. The van der Waals surface area contributed by atoms with Crippen LogP contribution < -0.4 is 0 Å². The van der Waals surface area contributed by atoms with Crippen molar-refractivity contribution in [2.75, 3.05) is 45.0 Å². The molecule has 1 heterocycles. The third-order valence-corrected chi connectivity index (χ3v) is 3.32. The molecule has 0 N–H and O–H groups in total. The summed E-state index contributed by atoms with van der Waals surface area (Å²) >= 11 is 4.15.